The second kappa shape index (κ2) is 8.72. The van der Waals surface area contributed by atoms with E-state index in [4.69, 9.17) is 22.1 Å². The van der Waals surface area contributed by atoms with Crippen molar-refractivity contribution < 1.29 is 4.74 Å². The van der Waals surface area contributed by atoms with E-state index >= 15 is 0 Å². The Bertz CT molecular complexity index is 1040. The van der Waals surface area contributed by atoms with Crippen LogP contribution in [0.4, 0.5) is 5.69 Å². The van der Waals surface area contributed by atoms with E-state index in [1.165, 1.54) is 0 Å². The Morgan fingerprint density at radius 1 is 1.32 bits per heavy atom. The Kier molecular flexibility index (Phi) is 6.01. The topological polar surface area (TPSA) is 87.2 Å². The standard InChI is InChI=1S/C24H26ClN5O/c1-2-31-24(20-4-3-11-28-16-20)8-7-19(17-29-24)23(27)9-12-30(13-10-23)22-6-5-21(25)14-18(22)15-26/h3-8,11,14,16-17,29H,2,9-10,12-13,27H2,1H3. The van der Waals surface area contributed by atoms with Crippen LogP contribution < -0.4 is 16.0 Å². The van der Waals surface area contributed by atoms with E-state index < -0.39 is 11.3 Å². The van der Waals surface area contributed by atoms with Gasteiger partial charge < -0.3 is 20.7 Å². The van der Waals surface area contributed by atoms with Gasteiger partial charge in [-0.05, 0) is 55.7 Å². The third-order valence-electron chi connectivity index (χ3n) is 6.05. The lowest BCUT2D eigenvalue weighted by atomic mass is 9.80. The number of halogens is 1. The van der Waals surface area contributed by atoms with E-state index in [2.05, 4.69) is 27.3 Å². The number of hydrogen-bond donors (Lipinski definition) is 2. The lowest BCUT2D eigenvalue weighted by molar-refractivity contribution is -0.0234. The molecule has 1 saturated heterocycles. The molecule has 7 heteroatoms. The summed E-state index contributed by atoms with van der Waals surface area (Å²) in [6.45, 7) is 4.05. The Morgan fingerprint density at radius 2 is 2.13 bits per heavy atom. The van der Waals surface area contributed by atoms with Crippen LogP contribution in [-0.2, 0) is 10.5 Å². The van der Waals surface area contributed by atoms with Gasteiger partial charge in [0.05, 0.1) is 11.3 Å². The van der Waals surface area contributed by atoms with Crippen LogP contribution in [0.15, 0.2) is 66.7 Å². The number of ether oxygens (including phenoxy) is 1. The molecule has 1 fully saturated rings. The number of hydrogen-bond acceptors (Lipinski definition) is 6. The first-order valence-electron chi connectivity index (χ1n) is 10.5. The molecule has 0 aliphatic carbocycles. The number of nitrogens with zero attached hydrogens (tertiary/aromatic N) is 3. The van der Waals surface area contributed by atoms with Gasteiger partial charge in [-0.2, -0.15) is 5.26 Å². The van der Waals surface area contributed by atoms with Crippen molar-refractivity contribution in [2.45, 2.75) is 31.0 Å². The highest BCUT2D eigenvalue weighted by Crippen LogP contribution is 2.36. The molecule has 6 nitrogen and oxygen atoms in total. The highest BCUT2D eigenvalue weighted by Gasteiger charge is 2.38. The molecule has 0 bridgehead atoms. The first-order chi connectivity index (χ1) is 15.0. The monoisotopic (exact) mass is 435 g/mol. The second-order valence-corrected chi connectivity index (χ2v) is 8.34. The number of benzene rings is 1. The number of aromatic nitrogens is 1. The fourth-order valence-electron chi connectivity index (χ4n) is 4.27. The maximum absolute atomic E-state index is 9.46. The van der Waals surface area contributed by atoms with E-state index in [1.807, 2.05) is 43.5 Å². The fourth-order valence-corrected chi connectivity index (χ4v) is 4.44. The zero-order chi connectivity index (χ0) is 21.9. The summed E-state index contributed by atoms with van der Waals surface area (Å²) in [6, 6.07) is 11.6. The van der Waals surface area contributed by atoms with Gasteiger partial charge in [-0.1, -0.05) is 23.7 Å². The summed E-state index contributed by atoms with van der Waals surface area (Å²) < 4.78 is 6.06. The number of piperidine rings is 1. The van der Waals surface area contributed by atoms with Gasteiger partial charge >= 0.3 is 0 Å². The van der Waals surface area contributed by atoms with Crippen molar-refractivity contribution in [3.63, 3.8) is 0 Å². The summed E-state index contributed by atoms with van der Waals surface area (Å²) in [6.07, 6.45) is 11.2. The van der Waals surface area contributed by atoms with Gasteiger partial charge in [-0.15, -0.1) is 0 Å². The maximum Gasteiger partial charge on any atom is 0.185 e. The Hall–Kier alpha value is -2.85. The third-order valence-corrected chi connectivity index (χ3v) is 6.29. The first-order valence-corrected chi connectivity index (χ1v) is 10.8. The molecule has 1 aromatic heterocycles. The van der Waals surface area contributed by atoms with Crippen LogP contribution in [0.2, 0.25) is 5.02 Å². The Labute approximate surface area is 188 Å². The minimum Gasteiger partial charge on any atom is -0.370 e. The Morgan fingerprint density at radius 3 is 2.74 bits per heavy atom. The van der Waals surface area contributed by atoms with Gasteiger partial charge in [0.2, 0.25) is 0 Å². The second-order valence-electron chi connectivity index (χ2n) is 7.90. The average Bonchev–Trinajstić information content (AvgIpc) is 2.81. The van der Waals surface area contributed by atoms with Crippen molar-refractivity contribution in [3.05, 3.63) is 82.8 Å². The number of nitrogens with one attached hydrogen (secondary N) is 1. The van der Waals surface area contributed by atoms with Crippen LogP contribution in [-0.4, -0.2) is 30.2 Å². The predicted molar refractivity (Wildman–Crippen MR) is 122 cm³/mol. The normalized spacial score (nSPS) is 22.4. The van der Waals surface area contributed by atoms with Crippen LogP contribution >= 0.6 is 11.6 Å². The highest BCUT2D eigenvalue weighted by molar-refractivity contribution is 6.30. The number of anilines is 1. The van der Waals surface area contributed by atoms with E-state index in [-0.39, 0.29) is 0 Å². The minimum atomic E-state index is -0.741. The zero-order valence-electron chi connectivity index (χ0n) is 17.5. The molecule has 160 valence electrons. The molecule has 2 aliphatic rings. The predicted octanol–water partition coefficient (Wildman–Crippen LogP) is 3.84. The number of nitriles is 1. The summed E-state index contributed by atoms with van der Waals surface area (Å²) in [5, 5.41) is 13.5. The van der Waals surface area contributed by atoms with E-state index in [9.17, 15) is 5.26 Å². The third kappa shape index (κ3) is 4.17. The molecule has 4 rings (SSSR count). The van der Waals surface area contributed by atoms with E-state index in [0.717, 1.165) is 42.8 Å². The summed E-state index contributed by atoms with van der Waals surface area (Å²) in [7, 11) is 0. The summed E-state index contributed by atoms with van der Waals surface area (Å²) in [5.74, 6) is 0. The molecule has 1 atom stereocenters. The van der Waals surface area contributed by atoms with E-state index in [0.29, 0.717) is 17.2 Å². The lowest BCUT2D eigenvalue weighted by Gasteiger charge is -2.43. The first kappa shape index (κ1) is 21.4. The van der Waals surface area contributed by atoms with Crippen molar-refractivity contribution in [2.24, 2.45) is 5.73 Å². The number of dihydropyridines is 1. The molecule has 3 N–H and O–H groups in total. The zero-order valence-corrected chi connectivity index (χ0v) is 18.3. The average molecular weight is 436 g/mol. The summed E-state index contributed by atoms with van der Waals surface area (Å²) in [5.41, 5.74) is 9.14. The van der Waals surface area contributed by atoms with Crippen molar-refractivity contribution in [3.8, 4) is 6.07 Å². The van der Waals surface area contributed by atoms with Crippen molar-refractivity contribution >= 4 is 17.3 Å². The van der Waals surface area contributed by atoms with Gasteiger partial charge in [0.25, 0.3) is 0 Å². The van der Waals surface area contributed by atoms with Gasteiger partial charge in [0.15, 0.2) is 5.72 Å². The van der Waals surface area contributed by atoms with Gasteiger partial charge in [0.1, 0.15) is 6.07 Å². The molecule has 0 saturated carbocycles. The molecule has 0 amide bonds. The van der Waals surface area contributed by atoms with Crippen LogP contribution in [0, 0.1) is 11.3 Å². The van der Waals surface area contributed by atoms with Gasteiger partial charge in [0, 0.05) is 54.4 Å². The van der Waals surface area contributed by atoms with Crippen LogP contribution in [0.5, 0.6) is 0 Å². The largest absolute Gasteiger partial charge is 0.370 e. The molecule has 31 heavy (non-hydrogen) atoms. The molecule has 2 aliphatic heterocycles. The summed E-state index contributed by atoms with van der Waals surface area (Å²) in [4.78, 5) is 6.44. The van der Waals surface area contributed by atoms with Gasteiger partial charge in [-0.25, -0.2) is 0 Å². The highest BCUT2D eigenvalue weighted by atomic mass is 35.5. The minimum absolute atomic E-state index is 0.452. The maximum atomic E-state index is 9.46. The lowest BCUT2D eigenvalue weighted by Crippen LogP contribution is -2.53. The fraction of sp³-hybridized carbons (Fsp3) is 0.333. The molecule has 2 aromatic rings. The molecule has 1 aromatic carbocycles. The molecule has 0 radical (unpaired) electrons. The SMILES string of the molecule is CCOC1(c2cccnc2)C=CC(C2(N)CCN(c3ccc(Cl)cc3C#N)CC2)=CN1. The molecular weight excluding hydrogens is 410 g/mol. The van der Waals surface area contributed by atoms with Crippen molar-refractivity contribution in [2.75, 3.05) is 24.6 Å². The quantitative estimate of drug-likeness (QED) is 0.742. The van der Waals surface area contributed by atoms with Crippen LogP contribution in [0.1, 0.15) is 30.9 Å². The molecule has 0 spiro atoms. The molecular formula is C24H26ClN5O. The smallest absolute Gasteiger partial charge is 0.185 e. The number of rotatable bonds is 5. The van der Waals surface area contributed by atoms with E-state index in [1.54, 1.807) is 18.5 Å². The molecule has 3 heterocycles. The van der Waals surface area contributed by atoms with Crippen LogP contribution in [0.25, 0.3) is 0 Å². The summed E-state index contributed by atoms with van der Waals surface area (Å²) >= 11 is 6.05. The number of nitrogens with two attached hydrogens (primary N) is 1. The molecule has 1 unspecified atom stereocenters. The van der Waals surface area contributed by atoms with Crippen molar-refractivity contribution in [1.29, 1.82) is 5.26 Å². The van der Waals surface area contributed by atoms with Crippen LogP contribution in [0.3, 0.4) is 0 Å². The number of pyridine rings is 1. The van der Waals surface area contributed by atoms with Gasteiger partial charge in [-0.3, -0.25) is 4.98 Å². The van der Waals surface area contributed by atoms with Crippen molar-refractivity contribution in [1.82, 2.24) is 10.3 Å². The Balaban J connectivity index is 1.49.